The first kappa shape index (κ1) is 15.7. The summed E-state index contributed by atoms with van der Waals surface area (Å²) in [6.45, 7) is 5.04. The average molecular weight is 263 g/mol. The molecule has 0 aliphatic rings. The van der Waals surface area contributed by atoms with Gasteiger partial charge in [0.2, 0.25) is 5.91 Å². The second kappa shape index (κ2) is 7.95. The fourth-order valence-electron chi connectivity index (χ4n) is 1.93. The molecular weight excluding hydrogens is 238 g/mol. The number of benzene rings is 1. The van der Waals surface area contributed by atoms with E-state index in [1.165, 1.54) is 5.56 Å². The van der Waals surface area contributed by atoms with Crippen LogP contribution in [-0.2, 0) is 9.53 Å². The van der Waals surface area contributed by atoms with Crippen molar-refractivity contribution in [2.75, 3.05) is 25.7 Å². The van der Waals surface area contributed by atoms with Gasteiger partial charge in [0, 0.05) is 32.9 Å². The third-order valence-corrected chi connectivity index (χ3v) is 3.29. The lowest BCUT2D eigenvalue weighted by molar-refractivity contribution is -0.118. The van der Waals surface area contributed by atoms with Crippen molar-refractivity contribution in [1.82, 2.24) is 0 Å². The number of anilines is 1. The fraction of sp³-hybridized carbons (Fsp3) is 0.562. The lowest BCUT2D eigenvalue weighted by Gasteiger charge is -2.19. The topological polar surface area (TPSA) is 29.5 Å². The molecule has 0 aliphatic carbocycles. The number of hydrogen-bond donors (Lipinski definition) is 0. The second-order valence-electron chi connectivity index (χ2n) is 5.15. The third-order valence-electron chi connectivity index (χ3n) is 3.29. The van der Waals surface area contributed by atoms with Gasteiger partial charge in [-0.1, -0.05) is 26.0 Å². The molecule has 0 heterocycles. The van der Waals surface area contributed by atoms with E-state index >= 15 is 0 Å². The largest absolute Gasteiger partial charge is 0.385 e. The van der Waals surface area contributed by atoms with E-state index in [9.17, 15) is 4.79 Å². The summed E-state index contributed by atoms with van der Waals surface area (Å²) in [5.41, 5.74) is 2.24. The molecule has 3 heteroatoms. The minimum Gasteiger partial charge on any atom is -0.385 e. The van der Waals surface area contributed by atoms with Crippen molar-refractivity contribution in [3.63, 3.8) is 0 Å². The molecule has 0 bridgehead atoms. The van der Waals surface area contributed by atoms with E-state index in [2.05, 4.69) is 26.0 Å². The maximum atomic E-state index is 12.1. The summed E-state index contributed by atoms with van der Waals surface area (Å²) in [5.74, 6) is 0.641. The minimum atomic E-state index is 0.164. The first-order valence-electron chi connectivity index (χ1n) is 6.91. The van der Waals surface area contributed by atoms with E-state index in [1.807, 2.05) is 19.2 Å². The van der Waals surface area contributed by atoms with Gasteiger partial charge in [-0.3, -0.25) is 4.79 Å². The Labute approximate surface area is 116 Å². The fourth-order valence-corrected chi connectivity index (χ4v) is 1.93. The number of unbranched alkanes of at least 4 members (excludes halogenated alkanes) is 1. The van der Waals surface area contributed by atoms with Gasteiger partial charge in [0.1, 0.15) is 0 Å². The van der Waals surface area contributed by atoms with Crippen molar-refractivity contribution in [3.05, 3.63) is 29.8 Å². The molecule has 3 nitrogen and oxygen atoms in total. The predicted molar refractivity (Wildman–Crippen MR) is 79.7 cm³/mol. The zero-order valence-corrected chi connectivity index (χ0v) is 12.5. The smallest absolute Gasteiger partial charge is 0.226 e. The molecule has 0 N–H and O–H groups in total. The van der Waals surface area contributed by atoms with Crippen LogP contribution in [0.15, 0.2) is 24.3 Å². The SMILES string of the molecule is COCCCCC(=O)N(C)c1cccc(C(C)C)c1. The van der Waals surface area contributed by atoms with Gasteiger partial charge in [-0.15, -0.1) is 0 Å². The Kier molecular flexibility index (Phi) is 6.57. The molecule has 19 heavy (non-hydrogen) atoms. The van der Waals surface area contributed by atoms with E-state index < -0.39 is 0 Å². The highest BCUT2D eigenvalue weighted by atomic mass is 16.5. The summed E-state index contributed by atoms with van der Waals surface area (Å²) in [6.07, 6.45) is 2.38. The molecule has 0 aliphatic heterocycles. The molecule has 1 aromatic carbocycles. The van der Waals surface area contributed by atoms with E-state index in [4.69, 9.17) is 4.74 Å². The van der Waals surface area contributed by atoms with Crippen LogP contribution in [0.3, 0.4) is 0 Å². The standard InChI is InChI=1S/C16H25NO2/c1-13(2)14-8-7-9-15(12-14)17(3)16(18)10-5-6-11-19-4/h7-9,12-13H,5-6,10-11H2,1-4H3. The van der Waals surface area contributed by atoms with Gasteiger partial charge in [-0.05, 0) is 36.5 Å². The maximum absolute atomic E-state index is 12.1. The maximum Gasteiger partial charge on any atom is 0.226 e. The Morgan fingerprint density at radius 3 is 2.68 bits per heavy atom. The molecular formula is C16H25NO2. The van der Waals surface area contributed by atoms with Crippen molar-refractivity contribution in [3.8, 4) is 0 Å². The van der Waals surface area contributed by atoms with E-state index in [-0.39, 0.29) is 5.91 Å². The van der Waals surface area contributed by atoms with Crippen LogP contribution in [0.25, 0.3) is 0 Å². The molecule has 106 valence electrons. The molecule has 0 fully saturated rings. The first-order chi connectivity index (χ1) is 9.06. The Hall–Kier alpha value is -1.35. The van der Waals surface area contributed by atoms with Crippen molar-refractivity contribution >= 4 is 11.6 Å². The van der Waals surface area contributed by atoms with Gasteiger partial charge in [0.15, 0.2) is 0 Å². The molecule has 0 aromatic heterocycles. The van der Waals surface area contributed by atoms with Crippen molar-refractivity contribution in [2.24, 2.45) is 0 Å². The van der Waals surface area contributed by atoms with Crippen molar-refractivity contribution in [1.29, 1.82) is 0 Å². The highest BCUT2D eigenvalue weighted by Crippen LogP contribution is 2.21. The molecule has 1 aromatic rings. The lowest BCUT2D eigenvalue weighted by Crippen LogP contribution is -2.26. The number of rotatable bonds is 7. The van der Waals surface area contributed by atoms with Gasteiger partial charge in [0.25, 0.3) is 0 Å². The second-order valence-corrected chi connectivity index (χ2v) is 5.15. The predicted octanol–water partition coefficient (Wildman–Crippen LogP) is 3.59. The summed E-state index contributed by atoms with van der Waals surface area (Å²) in [4.78, 5) is 13.8. The first-order valence-corrected chi connectivity index (χ1v) is 6.91. The summed E-state index contributed by atoms with van der Waals surface area (Å²) < 4.78 is 4.99. The number of hydrogen-bond acceptors (Lipinski definition) is 2. The number of amides is 1. The van der Waals surface area contributed by atoms with Crippen LogP contribution in [0.2, 0.25) is 0 Å². The van der Waals surface area contributed by atoms with Crippen LogP contribution >= 0.6 is 0 Å². The van der Waals surface area contributed by atoms with Gasteiger partial charge in [-0.25, -0.2) is 0 Å². The molecule has 0 spiro atoms. The number of carbonyl (C=O) groups excluding carboxylic acids is 1. The van der Waals surface area contributed by atoms with E-state index in [0.29, 0.717) is 12.3 Å². The van der Waals surface area contributed by atoms with Crippen molar-refractivity contribution < 1.29 is 9.53 Å². The number of nitrogens with zero attached hydrogens (tertiary/aromatic N) is 1. The highest BCUT2D eigenvalue weighted by molar-refractivity contribution is 5.92. The highest BCUT2D eigenvalue weighted by Gasteiger charge is 2.11. The zero-order chi connectivity index (χ0) is 14.3. The Morgan fingerprint density at radius 2 is 2.05 bits per heavy atom. The Balaban J connectivity index is 2.58. The monoisotopic (exact) mass is 263 g/mol. The molecule has 1 amide bonds. The molecule has 0 radical (unpaired) electrons. The molecule has 0 saturated heterocycles. The normalized spacial score (nSPS) is 10.8. The van der Waals surface area contributed by atoms with Crippen molar-refractivity contribution in [2.45, 2.75) is 39.0 Å². The number of ether oxygens (including phenoxy) is 1. The summed E-state index contributed by atoms with van der Waals surface area (Å²) in [6, 6.07) is 8.20. The van der Waals surface area contributed by atoms with Crippen LogP contribution in [0.5, 0.6) is 0 Å². The Morgan fingerprint density at radius 1 is 1.32 bits per heavy atom. The van der Waals surface area contributed by atoms with E-state index in [0.717, 1.165) is 25.1 Å². The lowest BCUT2D eigenvalue weighted by atomic mass is 10.0. The van der Waals surface area contributed by atoms with Gasteiger partial charge < -0.3 is 9.64 Å². The molecule has 0 atom stereocenters. The van der Waals surface area contributed by atoms with Crippen LogP contribution < -0.4 is 4.90 Å². The van der Waals surface area contributed by atoms with Gasteiger partial charge in [0.05, 0.1) is 0 Å². The number of carbonyl (C=O) groups is 1. The van der Waals surface area contributed by atoms with Crippen LogP contribution in [0.4, 0.5) is 5.69 Å². The van der Waals surface area contributed by atoms with Crippen LogP contribution in [0.1, 0.15) is 44.6 Å². The van der Waals surface area contributed by atoms with Gasteiger partial charge in [-0.2, -0.15) is 0 Å². The van der Waals surface area contributed by atoms with Crippen LogP contribution in [-0.4, -0.2) is 26.7 Å². The van der Waals surface area contributed by atoms with Gasteiger partial charge >= 0.3 is 0 Å². The zero-order valence-electron chi connectivity index (χ0n) is 12.5. The number of methoxy groups -OCH3 is 1. The molecule has 1 rings (SSSR count). The third kappa shape index (κ3) is 5.03. The van der Waals surface area contributed by atoms with E-state index in [1.54, 1.807) is 12.0 Å². The summed E-state index contributed by atoms with van der Waals surface area (Å²) >= 11 is 0. The average Bonchev–Trinajstić information content (AvgIpc) is 2.42. The summed E-state index contributed by atoms with van der Waals surface area (Å²) in [7, 11) is 3.53. The molecule has 0 unspecified atom stereocenters. The summed E-state index contributed by atoms with van der Waals surface area (Å²) in [5, 5.41) is 0. The minimum absolute atomic E-state index is 0.164. The Bertz CT molecular complexity index is 401. The quantitative estimate of drug-likeness (QED) is 0.704. The molecule has 0 saturated carbocycles. The van der Waals surface area contributed by atoms with Crippen LogP contribution in [0, 0.1) is 0 Å².